The Morgan fingerprint density at radius 3 is 2.50 bits per heavy atom. The number of likely N-dealkylation sites (N-methyl/N-ethyl adjacent to an activating group) is 1. The number of aromatic nitrogens is 2. The molecule has 0 radical (unpaired) electrons. The zero-order valence-electron chi connectivity index (χ0n) is 10.8. The molecule has 0 spiro atoms. The maximum Gasteiger partial charge on any atom is 0.326 e. The first-order valence-corrected chi connectivity index (χ1v) is 5.68. The third-order valence-corrected chi connectivity index (χ3v) is 2.31. The Labute approximate surface area is 114 Å². The summed E-state index contributed by atoms with van der Waals surface area (Å²) in [5.41, 5.74) is 4.92. The molecule has 0 saturated heterocycles. The van der Waals surface area contributed by atoms with Gasteiger partial charge in [0.15, 0.2) is 0 Å². The summed E-state index contributed by atoms with van der Waals surface area (Å²) in [6.07, 6.45) is 2.57. The maximum atomic E-state index is 11.7. The smallest absolute Gasteiger partial charge is 0.326 e. The number of amides is 2. The SMILES string of the molecule is CN(CC(=O)NC(CC(N)=O)C(=O)O)c1ncccn1. The number of primary amides is 1. The molecule has 0 bridgehead atoms. The Bertz CT molecular complexity index is 493. The molecule has 4 N–H and O–H groups in total. The molecule has 0 aliphatic carbocycles. The summed E-state index contributed by atoms with van der Waals surface area (Å²) in [4.78, 5) is 42.6. The molecule has 108 valence electrons. The van der Waals surface area contributed by atoms with Crippen molar-refractivity contribution in [3.8, 4) is 0 Å². The minimum atomic E-state index is -1.34. The van der Waals surface area contributed by atoms with E-state index in [-0.39, 0.29) is 6.54 Å². The quantitative estimate of drug-likeness (QED) is 0.544. The molecule has 0 aromatic carbocycles. The zero-order valence-corrected chi connectivity index (χ0v) is 10.8. The average Bonchev–Trinajstić information content (AvgIpc) is 2.38. The van der Waals surface area contributed by atoms with Gasteiger partial charge in [0, 0.05) is 19.4 Å². The highest BCUT2D eigenvalue weighted by Crippen LogP contribution is 2.01. The van der Waals surface area contributed by atoms with Crippen molar-refractivity contribution in [1.82, 2.24) is 15.3 Å². The Balaban J connectivity index is 2.57. The van der Waals surface area contributed by atoms with Crippen LogP contribution in [0.1, 0.15) is 6.42 Å². The number of carbonyl (C=O) groups excluding carboxylic acids is 2. The van der Waals surface area contributed by atoms with E-state index in [1.807, 2.05) is 0 Å². The molecule has 9 heteroatoms. The number of aliphatic carboxylic acids is 1. The molecule has 1 heterocycles. The second-order valence-electron chi connectivity index (χ2n) is 4.03. The van der Waals surface area contributed by atoms with Crippen LogP contribution < -0.4 is 16.0 Å². The van der Waals surface area contributed by atoms with Crippen molar-refractivity contribution >= 4 is 23.7 Å². The highest BCUT2D eigenvalue weighted by atomic mass is 16.4. The Morgan fingerprint density at radius 2 is 2.00 bits per heavy atom. The van der Waals surface area contributed by atoms with Crippen molar-refractivity contribution in [2.24, 2.45) is 5.73 Å². The van der Waals surface area contributed by atoms with Gasteiger partial charge in [0.25, 0.3) is 0 Å². The van der Waals surface area contributed by atoms with Crippen LogP contribution in [0.15, 0.2) is 18.5 Å². The second kappa shape index (κ2) is 7.02. The molecule has 20 heavy (non-hydrogen) atoms. The number of carbonyl (C=O) groups is 3. The lowest BCUT2D eigenvalue weighted by Gasteiger charge is -2.18. The molecule has 0 fully saturated rings. The van der Waals surface area contributed by atoms with Gasteiger partial charge in [0.05, 0.1) is 13.0 Å². The molecule has 0 aliphatic heterocycles. The molecule has 1 unspecified atom stereocenters. The average molecular weight is 281 g/mol. The third kappa shape index (κ3) is 4.88. The fraction of sp³-hybridized carbons (Fsp3) is 0.364. The molecule has 1 aromatic heterocycles. The Morgan fingerprint density at radius 1 is 1.40 bits per heavy atom. The van der Waals surface area contributed by atoms with Crippen molar-refractivity contribution in [2.45, 2.75) is 12.5 Å². The number of nitrogens with zero attached hydrogens (tertiary/aromatic N) is 3. The molecule has 0 aliphatic rings. The summed E-state index contributed by atoms with van der Waals surface area (Å²) in [6, 6.07) is 0.287. The topological polar surface area (TPSA) is 139 Å². The molecule has 0 saturated carbocycles. The minimum Gasteiger partial charge on any atom is -0.480 e. The first kappa shape index (κ1) is 15.3. The van der Waals surface area contributed by atoms with Gasteiger partial charge in [-0.3, -0.25) is 9.59 Å². The van der Waals surface area contributed by atoms with Crippen LogP contribution in [0, 0.1) is 0 Å². The Hall–Kier alpha value is -2.71. The van der Waals surface area contributed by atoms with E-state index in [0.29, 0.717) is 5.95 Å². The normalized spacial score (nSPS) is 11.4. The number of rotatable bonds is 7. The van der Waals surface area contributed by atoms with Crippen LogP contribution in [0.2, 0.25) is 0 Å². The van der Waals surface area contributed by atoms with Crippen LogP contribution in [-0.2, 0) is 14.4 Å². The van der Waals surface area contributed by atoms with Gasteiger partial charge in [0.1, 0.15) is 6.04 Å². The number of hydrogen-bond donors (Lipinski definition) is 3. The predicted octanol–water partition coefficient (Wildman–Crippen LogP) is -1.64. The molecule has 2 amide bonds. The number of carboxylic acids is 1. The molecule has 1 atom stereocenters. The first-order valence-electron chi connectivity index (χ1n) is 5.68. The summed E-state index contributed by atoms with van der Waals surface area (Å²) in [5.74, 6) is -2.38. The highest BCUT2D eigenvalue weighted by molar-refractivity contribution is 5.89. The van der Waals surface area contributed by atoms with E-state index < -0.39 is 30.2 Å². The van der Waals surface area contributed by atoms with E-state index in [4.69, 9.17) is 10.8 Å². The van der Waals surface area contributed by atoms with Gasteiger partial charge in [-0.2, -0.15) is 0 Å². The van der Waals surface area contributed by atoms with Crippen LogP contribution in [-0.4, -0.2) is 52.5 Å². The van der Waals surface area contributed by atoms with Gasteiger partial charge in [-0.15, -0.1) is 0 Å². The largest absolute Gasteiger partial charge is 0.480 e. The van der Waals surface area contributed by atoms with Gasteiger partial charge in [-0.25, -0.2) is 14.8 Å². The monoisotopic (exact) mass is 281 g/mol. The van der Waals surface area contributed by atoms with Crippen LogP contribution in [0.3, 0.4) is 0 Å². The highest BCUT2D eigenvalue weighted by Gasteiger charge is 2.22. The summed E-state index contributed by atoms with van der Waals surface area (Å²) >= 11 is 0. The maximum absolute atomic E-state index is 11.7. The van der Waals surface area contributed by atoms with Crippen LogP contribution in [0.25, 0.3) is 0 Å². The van der Waals surface area contributed by atoms with Crippen molar-refractivity contribution in [2.75, 3.05) is 18.5 Å². The number of hydrogen-bond acceptors (Lipinski definition) is 6. The lowest BCUT2D eigenvalue weighted by Crippen LogP contribution is -2.46. The molecular weight excluding hydrogens is 266 g/mol. The summed E-state index contributed by atoms with van der Waals surface area (Å²) in [5, 5.41) is 11.1. The first-order chi connectivity index (χ1) is 9.40. The van der Waals surface area contributed by atoms with Crippen molar-refractivity contribution in [3.05, 3.63) is 18.5 Å². The van der Waals surface area contributed by atoms with Gasteiger partial charge in [-0.1, -0.05) is 0 Å². The van der Waals surface area contributed by atoms with Crippen LogP contribution >= 0.6 is 0 Å². The lowest BCUT2D eigenvalue weighted by atomic mass is 10.2. The van der Waals surface area contributed by atoms with E-state index in [1.54, 1.807) is 13.1 Å². The van der Waals surface area contributed by atoms with Gasteiger partial charge >= 0.3 is 5.97 Å². The molecule has 1 rings (SSSR count). The number of nitrogens with one attached hydrogen (secondary N) is 1. The fourth-order valence-electron chi connectivity index (χ4n) is 1.42. The van der Waals surface area contributed by atoms with E-state index in [0.717, 1.165) is 0 Å². The zero-order chi connectivity index (χ0) is 15.1. The van der Waals surface area contributed by atoms with Gasteiger partial charge in [-0.05, 0) is 6.07 Å². The summed E-state index contributed by atoms with van der Waals surface area (Å²) < 4.78 is 0. The van der Waals surface area contributed by atoms with Crippen LogP contribution in [0.4, 0.5) is 5.95 Å². The van der Waals surface area contributed by atoms with E-state index in [1.165, 1.54) is 17.3 Å². The van der Waals surface area contributed by atoms with Gasteiger partial charge < -0.3 is 21.1 Å². The summed E-state index contributed by atoms with van der Waals surface area (Å²) in [6.45, 7) is -0.146. The van der Waals surface area contributed by atoms with Crippen molar-refractivity contribution < 1.29 is 19.5 Å². The molecular formula is C11H15N5O4. The van der Waals surface area contributed by atoms with Crippen molar-refractivity contribution in [1.29, 1.82) is 0 Å². The predicted molar refractivity (Wildman–Crippen MR) is 68.7 cm³/mol. The van der Waals surface area contributed by atoms with E-state index in [2.05, 4.69) is 15.3 Å². The molecule has 9 nitrogen and oxygen atoms in total. The van der Waals surface area contributed by atoms with Crippen molar-refractivity contribution in [3.63, 3.8) is 0 Å². The van der Waals surface area contributed by atoms with Crippen LogP contribution in [0.5, 0.6) is 0 Å². The third-order valence-electron chi connectivity index (χ3n) is 2.31. The number of carboxylic acid groups (broad SMARTS) is 1. The lowest BCUT2D eigenvalue weighted by molar-refractivity contribution is -0.143. The van der Waals surface area contributed by atoms with Gasteiger partial charge in [0.2, 0.25) is 17.8 Å². The number of anilines is 1. The Kier molecular flexibility index (Phi) is 5.39. The fourth-order valence-corrected chi connectivity index (χ4v) is 1.42. The van der Waals surface area contributed by atoms with E-state index >= 15 is 0 Å². The molecule has 1 aromatic rings. The minimum absolute atomic E-state index is 0.146. The summed E-state index contributed by atoms with van der Waals surface area (Å²) in [7, 11) is 1.58. The number of nitrogens with two attached hydrogens (primary N) is 1. The standard InChI is InChI=1S/C11H15N5O4/c1-16(11-13-3-2-4-14-11)6-9(18)15-7(10(19)20)5-8(12)17/h2-4,7H,5-6H2,1H3,(H2,12,17)(H,15,18)(H,19,20). The second-order valence-corrected chi connectivity index (χ2v) is 4.03. The van der Waals surface area contributed by atoms with E-state index in [9.17, 15) is 14.4 Å².